The van der Waals surface area contributed by atoms with E-state index >= 15 is 0 Å². The van der Waals surface area contributed by atoms with Crippen LogP contribution in [0.25, 0.3) is 0 Å². The SMILES string of the molecule is CC(NC(=O)[C@H](CCCC=O)N1C(=O)c2ccccc2C1=O)C(=O)O. The number of nitrogens with one attached hydrogen (secondary N) is 1. The molecule has 0 aromatic heterocycles. The quantitative estimate of drug-likeness (QED) is 0.404. The van der Waals surface area contributed by atoms with Gasteiger partial charge in [0.2, 0.25) is 5.91 Å². The van der Waals surface area contributed by atoms with Gasteiger partial charge in [-0.25, -0.2) is 0 Å². The molecule has 1 aliphatic heterocycles. The molecule has 2 rings (SSSR count). The van der Waals surface area contributed by atoms with Crippen LogP contribution in [0.1, 0.15) is 46.9 Å². The first-order valence-corrected chi connectivity index (χ1v) is 7.82. The van der Waals surface area contributed by atoms with Gasteiger partial charge in [0.15, 0.2) is 0 Å². The van der Waals surface area contributed by atoms with E-state index in [0.29, 0.717) is 6.29 Å². The van der Waals surface area contributed by atoms with E-state index in [-0.39, 0.29) is 30.4 Å². The summed E-state index contributed by atoms with van der Waals surface area (Å²) in [6.45, 7) is 1.28. The van der Waals surface area contributed by atoms with E-state index in [9.17, 15) is 24.0 Å². The number of imide groups is 1. The summed E-state index contributed by atoms with van der Waals surface area (Å²) in [5.41, 5.74) is 0.402. The molecule has 0 spiro atoms. The number of amides is 3. The lowest BCUT2D eigenvalue weighted by molar-refractivity contribution is -0.141. The molecule has 0 aliphatic carbocycles. The average Bonchev–Trinajstić information content (AvgIpc) is 2.83. The average molecular weight is 346 g/mol. The summed E-state index contributed by atoms with van der Waals surface area (Å²) in [7, 11) is 0. The fraction of sp³-hybridized carbons (Fsp3) is 0.353. The van der Waals surface area contributed by atoms with E-state index in [1.54, 1.807) is 12.1 Å². The number of aldehydes is 1. The minimum Gasteiger partial charge on any atom is -0.480 e. The van der Waals surface area contributed by atoms with E-state index in [1.807, 2.05) is 0 Å². The fourth-order valence-electron chi connectivity index (χ4n) is 2.63. The lowest BCUT2D eigenvalue weighted by Gasteiger charge is -2.26. The highest BCUT2D eigenvalue weighted by molar-refractivity contribution is 6.22. The van der Waals surface area contributed by atoms with Crippen LogP contribution in [0.3, 0.4) is 0 Å². The summed E-state index contributed by atoms with van der Waals surface area (Å²) in [6.07, 6.45) is 1.21. The van der Waals surface area contributed by atoms with Crippen molar-refractivity contribution >= 4 is 30.0 Å². The summed E-state index contributed by atoms with van der Waals surface area (Å²) >= 11 is 0. The number of aliphatic carboxylic acids is 1. The van der Waals surface area contributed by atoms with Crippen LogP contribution in [0.5, 0.6) is 0 Å². The maximum Gasteiger partial charge on any atom is 0.325 e. The molecule has 1 aromatic rings. The minimum absolute atomic E-state index is 0.0718. The lowest BCUT2D eigenvalue weighted by Crippen LogP contribution is -2.52. The summed E-state index contributed by atoms with van der Waals surface area (Å²) in [5, 5.41) is 11.2. The van der Waals surface area contributed by atoms with Crippen molar-refractivity contribution in [1.82, 2.24) is 10.2 Å². The first-order valence-electron chi connectivity index (χ1n) is 7.82. The van der Waals surface area contributed by atoms with Gasteiger partial charge in [0.05, 0.1) is 11.1 Å². The van der Waals surface area contributed by atoms with E-state index in [2.05, 4.69) is 5.32 Å². The van der Waals surface area contributed by atoms with Crippen molar-refractivity contribution in [3.63, 3.8) is 0 Å². The number of nitrogens with zero attached hydrogens (tertiary/aromatic N) is 1. The molecule has 25 heavy (non-hydrogen) atoms. The summed E-state index contributed by atoms with van der Waals surface area (Å²) in [4.78, 5) is 59.9. The first-order chi connectivity index (χ1) is 11.9. The Kier molecular flexibility index (Phi) is 5.63. The number of carboxylic acid groups (broad SMARTS) is 1. The summed E-state index contributed by atoms with van der Waals surface area (Å²) in [6, 6.07) is 3.87. The monoisotopic (exact) mass is 346 g/mol. The normalized spacial score (nSPS) is 15.5. The Hall–Kier alpha value is -3.03. The number of hydrogen-bond acceptors (Lipinski definition) is 5. The van der Waals surface area contributed by atoms with Gasteiger partial charge in [0, 0.05) is 6.42 Å². The third-order valence-corrected chi connectivity index (χ3v) is 3.97. The molecular weight excluding hydrogens is 328 g/mol. The van der Waals surface area contributed by atoms with Crippen molar-refractivity contribution in [2.75, 3.05) is 0 Å². The van der Waals surface area contributed by atoms with Gasteiger partial charge in [0.1, 0.15) is 18.4 Å². The van der Waals surface area contributed by atoms with Gasteiger partial charge in [-0.2, -0.15) is 0 Å². The predicted octanol–water partition coefficient (Wildman–Crippen LogP) is 0.610. The Balaban J connectivity index is 2.28. The molecule has 2 atom stereocenters. The van der Waals surface area contributed by atoms with Gasteiger partial charge in [-0.05, 0) is 31.9 Å². The molecule has 1 aromatic carbocycles. The molecule has 0 bridgehead atoms. The molecule has 8 nitrogen and oxygen atoms in total. The van der Waals surface area contributed by atoms with Gasteiger partial charge in [-0.1, -0.05) is 12.1 Å². The molecule has 0 fully saturated rings. The molecule has 3 amide bonds. The third kappa shape index (κ3) is 3.73. The Morgan fingerprint density at radius 3 is 2.24 bits per heavy atom. The van der Waals surface area contributed by atoms with Crippen LogP contribution in [0.15, 0.2) is 24.3 Å². The molecule has 132 valence electrons. The second-order valence-corrected chi connectivity index (χ2v) is 5.71. The second kappa shape index (κ2) is 7.69. The highest BCUT2D eigenvalue weighted by Crippen LogP contribution is 2.26. The van der Waals surface area contributed by atoms with Crippen molar-refractivity contribution < 1.29 is 29.1 Å². The van der Waals surface area contributed by atoms with Crippen LogP contribution in [0, 0.1) is 0 Å². The van der Waals surface area contributed by atoms with Crippen LogP contribution in [-0.2, 0) is 14.4 Å². The number of carbonyl (C=O) groups is 5. The molecule has 1 heterocycles. The molecule has 0 saturated heterocycles. The standard InChI is InChI=1S/C17H18N2O6/c1-10(17(24)25)18-14(21)13(8-4-5-9-20)19-15(22)11-6-2-3-7-12(11)16(19)23/h2-3,6-7,9-10,13H,4-5,8H2,1H3,(H,18,21)(H,24,25)/t10?,13-/m0/s1. The summed E-state index contributed by atoms with van der Waals surface area (Å²) in [5.74, 6) is -3.18. The Bertz CT molecular complexity index is 695. The van der Waals surface area contributed by atoms with Crippen molar-refractivity contribution in [1.29, 1.82) is 0 Å². The van der Waals surface area contributed by atoms with Crippen LogP contribution in [-0.4, -0.2) is 52.1 Å². The zero-order valence-corrected chi connectivity index (χ0v) is 13.6. The van der Waals surface area contributed by atoms with Crippen LogP contribution in [0.2, 0.25) is 0 Å². The van der Waals surface area contributed by atoms with Gasteiger partial charge in [-0.15, -0.1) is 0 Å². The maximum atomic E-state index is 12.5. The highest BCUT2D eigenvalue weighted by atomic mass is 16.4. The van der Waals surface area contributed by atoms with Gasteiger partial charge in [0.25, 0.3) is 11.8 Å². The van der Waals surface area contributed by atoms with E-state index in [0.717, 1.165) is 4.90 Å². The van der Waals surface area contributed by atoms with Crippen molar-refractivity contribution in [3.8, 4) is 0 Å². The molecule has 1 unspecified atom stereocenters. The van der Waals surface area contributed by atoms with Crippen LogP contribution < -0.4 is 5.32 Å². The topological polar surface area (TPSA) is 121 Å². The number of unbranched alkanes of at least 4 members (excludes halogenated alkanes) is 1. The fourth-order valence-corrected chi connectivity index (χ4v) is 2.63. The number of benzene rings is 1. The number of carboxylic acids is 1. The van der Waals surface area contributed by atoms with Crippen molar-refractivity contribution in [3.05, 3.63) is 35.4 Å². The Morgan fingerprint density at radius 1 is 1.20 bits per heavy atom. The van der Waals surface area contributed by atoms with Crippen molar-refractivity contribution in [2.45, 2.75) is 38.3 Å². The summed E-state index contributed by atoms with van der Waals surface area (Å²) < 4.78 is 0. The predicted molar refractivity (Wildman–Crippen MR) is 85.9 cm³/mol. The molecule has 1 aliphatic rings. The smallest absolute Gasteiger partial charge is 0.325 e. The van der Waals surface area contributed by atoms with Crippen LogP contribution >= 0.6 is 0 Å². The lowest BCUT2D eigenvalue weighted by atomic mass is 10.1. The number of carbonyl (C=O) groups excluding carboxylic acids is 4. The van der Waals surface area contributed by atoms with E-state index in [1.165, 1.54) is 19.1 Å². The number of fused-ring (bicyclic) bond motifs is 1. The minimum atomic E-state index is -1.23. The molecular formula is C17H18N2O6. The second-order valence-electron chi connectivity index (χ2n) is 5.71. The third-order valence-electron chi connectivity index (χ3n) is 3.97. The zero-order valence-electron chi connectivity index (χ0n) is 13.6. The number of rotatable bonds is 8. The zero-order chi connectivity index (χ0) is 18.6. The molecule has 0 radical (unpaired) electrons. The Morgan fingerprint density at radius 2 is 1.76 bits per heavy atom. The molecule has 2 N–H and O–H groups in total. The van der Waals surface area contributed by atoms with Crippen molar-refractivity contribution in [2.24, 2.45) is 0 Å². The first kappa shape index (κ1) is 18.3. The highest BCUT2D eigenvalue weighted by Gasteiger charge is 2.42. The maximum absolute atomic E-state index is 12.5. The van der Waals surface area contributed by atoms with Gasteiger partial charge >= 0.3 is 5.97 Å². The number of hydrogen-bond donors (Lipinski definition) is 2. The van der Waals surface area contributed by atoms with E-state index in [4.69, 9.17) is 5.11 Å². The Labute approximate surface area is 143 Å². The van der Waals surface area contributed by atoms with Crippen LogP contribution in [0.4, 0.5) is 0 Å². The molecule has 0 saturated carbocycles. The largest absolute Gasteiger partial charge is 0.480 e. The van der Waals surface area contributed by atoms with Gasteiger partial charge in [-0.3, -0.25) is 24.1 Å². The molecule has 8 heteroatoms. The van der Waals surface area contributed by atoms with E-state index < -0.39 is 35.8 Å². The van der Waals surface area contributed by atoms with Gasteiger partial charge < -0.3 is 15.2 Å².